The Morgan fingerprint density at radius 3 is 3.00 bits per heavy atom. The molecule has 0 aliphatic carbocycles. The molecule has 0 aliphatic rings. The molecule has 0 aliphatic heterocycles. The third-order valence-corrected chi connectivity index (χ3v) is 3.16. The smallest absolute Gasteiger partial charge is 0.249 e. The van der Waals surface area contributed by atoms with Crippen molar-refractivity contribution >= 4 is 21.6 Å². The van der Waals surface area contributed by atoms with Crippen molar-refractivity contribution in [2.45, 2.75) is 0 Å². The molecule has 3 rings (SSSR count). The Hall–Kier alpha value is -1.82. The molecule has 4 nitrogen and oxygen atoms in total. The van der Waals surface area contributed by atoms with E-state index in [1.54, 1.807) is 4.68 Å². The van der Waals surface area contributed by atoms with Gasteiger partial charge in [-0.25, -0.2) is 14.6 Å². The molecule has 0 saturated heterocycles. The minimum Gasteiger partial charge on any atom is -0.249 e. The summed E-state index contributed by atoms with van der Waals surface area (Å²) in [6, 6.07) is 5.56. The zero-order valence-electron chi connectivity index (χ0n) is 8.38. The number of thiazole rings is 1. The Bertz CT molecular complexity index is 658. The highest BCUT2D eigenvalue weighted by molar-refractivity contribution is 7.17. The lowest BCUT2D eigenvalue weighted by molar-refractivity contribution is 0.620. The van der Waals surface area contributed by atoms with Gasteiger partial charge in [0, 0.05) is 12.6 Å². The van der Waals surface area contributed by atoms with Crippen molar-refractivity contribution in [1.82, 2.24) is 19.7 Å². The molecule has 80 valence electrons. The molecule has 0 unspecified atom stereocenters. The van der Waals surface area contributed by atoms with Crippen molar-refractivity contribution in [1.29, 1.82) is 0 Å². The highest BCUT2D eigenvalue weighted by Gasteiger charge is 2.08. The normalized spacial score (nSPS) is 11.1. The van der Waals surface area contributed by atoms with Crippen LogP contribution in [-0.2, 0) is 7.05 Å². The van der Waals surface area contributed by atoms with Gasteiger partial charge in [0.25, 0.3) is 5.26 Å². The monoisotopic (exact) mass is 234 g/mol. The first-order valence-corrected chi connectivity index (χ1v) is 5.46. The molecule has 2 aromatic heterocycles. The van der Waals surface area contributed by atoms with Gasteiger partial charge in [-0.3, -0.25) is 0 Å². The first kappa shape index (κ1) is 9.41. The van der Waals surface area contributed by atoms with Gasteiger partial charge in [0.15, 0.2) is 5.82 Å². The predicted octanol–water partition coefficient (Wildman–Crippen LogP) is 2.23. The Kier molecular flexibility index (Phi) is 1.97. The molecule has 0 N–H and O–H groups in total. The van der Waals surface area contributed by atoms with Crippen LogP contribution in [0.4, 0.5) is 4.39 Å². The number of hydrogen-bond donors (Lipinski definition) is 0. The van der Waals surface area contributed by atoms with Crippen LogP contribution in [0.5, 0.6) is 0 Å². The second-order valence-corrected chi connectivity index (χ2v) is 4.34. The number of rotatable bonds is 1. The zero-order valence-corrected chi connectivity index (χ0v) is 9.20. The molecule has 0 radical (unpaired) electrons. The van der Waals surface area contributed by atoms with E-state index >= 15 is 0 Å². The average Bonchev–Trinajstić information content (AvgIpc) is 2.81. The van der Waals surface area contributed by atoms with Crippen molar-refractivity contribution in [3.8, 4) is 11.4 Å². The van der Waals surface area contributed by atoms with Gasteiger partial charge in [-0.1, -0.05) is 11.3 Å². The third kappa shape index (κ3) is 1.38. The van der Waals surface area contributed by atoms with Crippen LogP contribution in [0.25, 0.3) is 21.6 Å². The van der Waals surface area contributed by atoms with Crippen molar-refractivity contribution in [3.63, 3.8) is 0 Å². The fourth-order valence-electron chi connectivity index (χ4n) is 1.60. The fraction of sp³-hybridized carbons (Fsp3) is 0.100. The topological polar surface area (TPSA) is 43.6 Å². The molecular weight excluding hydrogens is 227 g/mol. The maximum Gasteiger partial charge on any atom is 0.270 e. The predicted molar refractivity (Wildman–Crippen MR) is 59.6 cm³/mol. The van der Waals surface area contributed by atoms with E-state index in [-0.39, 0.29) is 0 Å². The summed E-state index contributed by atoms with van der Waals surface area (Å²) >= 11 is 1.04. The summed E-state index contributed by atoms with van der Waals surface area (Å²) in [7, 11) is 1.81. The Morgan fingerprint density at radius 2 is 2.25 bits per heavy atom. The number of aromatic nitrogens is 4. The standard InChI is InChI=1S/C10H7FN4S/c1-15-9(12-5-13-15)6-2-3-8-7(4-6)14-10(11)16-8/h2-5H,1H3. The summed E-state index contributed by atoms with van der Waals surface area (Å²) in [6.45, 7) is 0. The summed E-state index contributed by atoms with van der Waals surface area (Å²) in [5.41, 5.74) is 1.54. The zero-order chi connectivity index (χ0) is 11.1. The number of halogens is 1. The van der Waals surface area contributed by atoms with Gasteiger partial charge in [-0.15, -0.1) is 0 Å². The highest BCUT2D eigenvalue weighted by atomic mass is 32.1. The highest BCUT2D eigenvalue weighted by Crippen LogP contribution is 2.25. The Labute approximate surface area is 94.4 Å². The summed E-state index contributed by atoms with van der Waals surface area (Å²) in [6.07, 6.45) is 1.49. The van der Waals surface area contributed by atoms with Gasteiger partial charge in [0.1, 0.15) is 6.33 Å². The number of nitrogens with zero attached hydrogens (tertiary/aromatic N) is 4. The summed E-state index contributed by atoms with van der Waals surface area (Å²) in [5.74, 6) is 0.746. The van der Waals surface area contributed by atoms with E-state index in [4.69, 9.17) is 0 Å². The van der Waals surface area contributed by atoms with Crippen LogP contribution in [0, 0.1) is 5.26 Å². The van der Waals surface area contributed by atoms with E-state index < -0.39 is 5.26 Å². The van der Waals surface area contributed by atoms with Gasteiger partial charge in [0.05, 0.1) is 10.2 Å². The van der Waals surface area contributed by atoms with Crippen LogP contribution in [0.3, 0.4) is 0 Å². The molecule has 1 aromatic carbocycles. The molecule has 0 spiro atoms. The van der Waals surface area contributed by atoms with E-state index in [1.165, 1.54) is 6.33 Å². The second kappa shape index (κ2) is 3.34. The quantitative estimate of drug-likeness (QED) is 0.648. The van der Waals surface area contributed by atoms with Gasteiger partial charge in [-0.05, 0) is 18.2 Å². The van der Waals surface area contributed by atoms with Crippen molar-refractivity contribution in [2.75, 3.05) is 0 Å². The van der Waals surface area contributed by atoms with E-state index in [2.05, 4.69) is 15.1 Å². The molecule has 2 heterocycles. The van der Waals surface area contributed by atoms with Crippen LogP contribution < -0.4 is 0 Å². The second-order valence-electron chi connectivity index (χ2n) is 3.36. The van der Waals surface area contributed by atoms with Gasteiger partial charge < -0.3 is 0 Å². The molecule has 16 heavy (non-hydrogen) atoms. The number of aryl methyl sites for hydroxylation is 1. The van der Waals surface area contributed by atoms with Crippen LogP contribution in [0.1, 0.15) is 0 Å². The number of fused-ring (bicyclic) bond motifs is 1. The number of hydrogen-bond acceptors (Lipinski definition) is 4. The number of benzene rings is 1. The van der Waals surface area contributed by atoms with Crippen LogP contribution in [-0.4, -0.2) is 19.7 Å². The molecule has 0 saturated carbocycles. The molecule has 0 bridgehead atoms. The van der Waals surface area contributed by atoms with Crippen LogP contribution >= 0.6 is 11.3 Å². The maximum atomic E-state index is 12.9. The Morgan fingerprint density at radius 1 is 1.38 bits per heavy atom. The van der Waals surface area contributed by atoms with E-state index in [1.807, 2.05) is 25.2 Å². The molecule has 6 heteroatoms. The van der Waals surface area contributed by atoms with Crippen LogP contribution in [0.2, 0.25) is 0 Å². The Balaban J connectivity index is 2.22. The lowest BCUT2D eigenvalue weighted by Crippen LogP contribution is -1.94. The van der Waals surface area contributed by atoms with Gasteiger partial charge in [0.2, 0.25) is 0 Å². The molecule has 0 fully saturated rings. The lowest BCUT2D eigenvalue weighted by Gasteiger charge is -1.99. The van der Waals surface area contributed by atoms with Crippen molar-refractivity contribution in [3.05, 3.63) is 29.8 Å². The van der Waals surface area contributed by atoms with Crippen LogP contribution in [0.15, 0.2) is 24.5 Å². The summed E-state index contributed by atoms with van der Waals surface area (Å²) < 4.78 is 15.5. The molecule has 0 atom stereocenters. The molecule has 3 aromatic rings. The molecular formula is C10H7FN4S. The van der Waals surface area contributed by atoms with Gasteiger partial charge in [-0.2, -0.15) is 9.49 Å². The van der Waals surface area contributed by atoms with Crippen molar-refractivity contribution in [2.24, 2.45) is 7.05 Å². The first-order chi connectivity index (χ1) is 7.74. The van der Waals surface area contributed by atoms with E-state index in [9.17, 15) is 4.39 Å². The van der Waals surface area contributed by atoms with Crippen molar-refractivity contribution < 1.29 is 4.39 Å². The lowest BCUT2D eigenvalue weighted by atomic mass is 10.2. The molecule has 0 amide bonds. The van der Waals surface area contributed by atoms with E-state index in [0.717, 1.165) is 27.4 Å². The largest absolute Gasteiger partial charge is 0.270 e. The minimum atomic E-state index is -0.412. The first-order valence-electron chi connectivity index (χ1n) is 4.64. The summed E-state index contributed by atoms with van der Waals surface area (Å²) in [4.78, 5) is 7.94. The van der Waals surface area contributed by atoms with Gasteiger partial charge >= 0.3 is 0 Å². The third-order valence-electron chi connectivity index (χ3n) is 2.33. The summed E-state index contributed by atoms with van der Waals surface area (Å²) in [5, 5.41) is 3.58. The fourth-order valence-corrected chi connectivity index (χ4v) is 2.27. The maximum absolute atomic E-state index is 12.9. The SMILES string of the molecule is Cn1ncnc1-c1ccc2sc(F)nc2c1. The average molecular weight is 234 g/mol. The minimum absolute atomic E-state index is 0.412. The van der Waals surface area contributed by atoms with E-state index in [0.29, 0.717) is 5.52 Å².